The van der Waals surface area contributed by atoms with Gasteiger partial charge in [-0.1, -0.05) is 51.4 Å². The maximum Gasteiger partial charge on any atom is -0.0313 e. The van der Waals surface area contributed by atoms with Crippen molar-refractivity contribution in [3.05, 3.63) is 0 Å². The van der Waals surface area contributed by atoms with Gasteiger partial charge in [0.2, 0.25) is 0 Å². The van der Waals surface area contributed by atoms with E-state index in [1.807, 2.05) is 0 Å². The Bertz CT molecular complexity index is 542. The molecule has 28 heavy (non-hydrogen) atoms. The van der Waals surface area contributed by atoms with E-state index >= 15 is 0 Å². The Labute approximate surface area is 173 Å². The van der Waals surface area contributed by atoms with E-state index in [1.54, 1.807) is 89.9 Å². The van der Waals surface area contributed by atoms with E-state index in [9.17, 15) is 0 Å². The van der Waals surface area contributed by atoms with Crippen molar-refractivity contribution >= 4 is 0 Å². The van der Waals surface area contributed by atoms with Crippen LogP contribution in [0, 0.1) is 82.9 Å². The SMILES string of the molecule is C1CC2CC3CCCC4C5CCCC6CC7CCCC8C(C1)C2C(C34)C(C78)C65. The summed E-state index contributed by atoms with van der Waals surface area (Å²) in [6.45, 7) is 0. The van der Waals surface area contributed by atoms with Gasteiger partial charge in [0.25, 0.3) is 0 Å². The van der Waals surface area contributed by atoms with Crippen molar-refractivity contribution in [1.82, 2.24) is 0 Å². The van der Waals surface area contributed by atoms with Gasteiger partial charge in [0, 0.05) is 0 Å². The van der Waals surface area contributed by atoms with Crippen molar-refractivity contribution in [1.29, 1.82) is 0 Å². The van der Waals surface area contributed by atoms with Gasteiger partial charge in [-0.05, 0) is 121 Å². The molecule has 0 radical (unpaired) electrons. The number of hydrogen-bond donors (Lipinski definition) is 0. The smallest absolute Gasteiger partial charge is 0.0313 e. The third-order valence-corrected chi connectivity index (χ3v) is 13.1. The highest BCUT2D eigenvalue weighted by molar-refractivity contribution is 5.17. The van der Waals surface area contributed by atoms with Gasteiger partial charge >= 0.3 is 0 Å². The predicted octanol–water partition coefficient (Wildman–Crippen LogP) is 7.18. The summed E-state index contributed by atoms with van der Waals surface area (Å²) in [6.07, 6.45) is 22.9. The third kappa shape index (κ3) is 1.92. The second-order valence-corrected chi connectivity index (χ2v) is 13.4. The zero-order valence-electron chi connectivity index (χ0n) is 18.0. The number of hydrogen-bond acceptors (Lipinski definition) is 0. The summed E-state index contributed by atoms with van der Waals surface area (Å²) in [5, 5.41) is 0. The molecule has 0 N–H and O–H groups in total. The average Bonchev–Trinajstić information content (AvgIpc) is 2.74. The molecule has 0 spiro atoms. The summed E-state index contributed by atoms with van der Waals surface area (Å²) < 4.78 is 0. The van der Waals surface area contributed by atoms with Crippen LogP contribution in [0.4, 0.5) is 0 Å². The lowest BCUT2D eigenvalue weighted by molar-refractivity contribution is -0.257. The van der Waals surface area contributed by atoms with Gasteiger partial charge in [0.15, 0.2) is 0 Å². The second-order valence-electron chi connectivity index (χ2n) is 13.4. The average molecular weight is 379 g/mol. The molecule has 0 aromatic heterocycles. The molecule has 0 aromatic rings. The zero-order chi connectivity index (χ0) is 18.0. The third-order valence-electron chi connectivity index (χ3n) is 13.1. The maximum atomic E-state index is 1.69. The minimum Gasteiger partial charge on any atom is -0.0527 e. The lowest BCUT2D eigenvalue weighted by Gasteiger charge is -2.74. The van der Waals surface area contributed by atoms with E-state index in [-0.39, 0.29) is 0 Å². The van der Waals surface area contributed by atoms with Gasteiger partial charge in [-0.2, -0.15) is 0 Å². The number of fused-ring (bicyclic) bond motifs is 2. The minimum absolute atomic E-state index is 1.17. The molecular formula is C28H42. The molecule has 8 aliphatic carbocycles. The van der Waals surface area contributed by atoms with Crippen molar-refractivity contribution < 1.29 is 0 Å². The van der Waals surface area contributed by atoms with Crippen molar-refractivity contribution in [2.45, 2.75) is 89.9 Å². The fourth-order valence-electron chi connectivity index (χ4n) is 13.2. The summed E-state index contributed by atoms with van der Waals surface area (Å²) in [7, 11) is 0. The fourth-order valence-corrected chi connectivity index (χ4v) is 13.2. The van der Waals surface area contributed by atoms with Crippen LogP contribution in [-0.4, -0.2) is 0 Å². The molecule has 0 nitrogen and oxygen atoms in total. The molecule has 12 unspecified atom stereocenters. The van der Waals surface area contributed by atoms with Crippen LogP contribution >= 0.6 is 0 Å². The molecule has 8 rings (SSSR count). The Kier molecular flexibility index (Phi) is 3.46. The molecule has 0 amide bonds. The lowest BCUT2D eigenvalue weighted by Crippen LogP contribution is -2.68. The van der Waals surface area contributed by atoms with Gasteiger partial charge in [0.05, 0.1) is 0 Å². The summed E-state index contributed by atoms with van der Waals surface area (Å²) in [6, 6.07) is 0. The standard InChI is InChI=1S/C28H42/c1-5-15-13-16-6-3-11-21-22-12-4-8-18-14-17-7-2-10-20-19(9-1)23(15)27(25(16)21)28(24(17)20)26(18)22/h15-28H,1-14H2. The van der Waals surface area contributed by atoms with Crippen molar-refractivity contribution in [2.75, 3.05) is 0 Å². The maximum absolute atomic E-state index is 1.69. The van der Waals surface area contributed by atoms with Crippen LogP contribution in [0.3, 0.4) is 0 Å². The molecule has 0 heteroatoms. The first-order valence-electron chi connectivity index (χ1n) is 13.9. The lowest BCUT2D eigenvalue weighted by atomic mass is 9.31. The summed E-state index contributed by atoms with van der Waals surface area (Å²) in [5.41, 5.74) is 0. The highest BCUT2D eigenvalue weighted by Gasteiger charge is 2.69. The Balaban J connectivity index is 1.33. The van der Waals surface area contributed by atoms with Gasteiger partial charge in [-0.3, -0.25) is 0 Å². The first-order valence-corrected chi connectivity index (χ1v) is 13.9. The molecule has 12 atom stereocenters. The van der Waals surface area contributed by atoms with Gasteiger partial charge in [-0.25, -0.2) is 0 Å². The Morgan fingerprint density at radius 2 is 0.571 bits per heavy atom. The number of rotatable bonds is 0. The Hall–Kier alpha value is 0. The van der Waals surface area contributed by atoms with E-state index in [0.717, 1.165) is 0 Å². The summed E-state index contributed by atoms with van der Waals surface area (Å²) >= 11 is 0. The van der Waals surface area contributed by atoms with Gasteiger partial charge in [-0.15, -0.1) is 0 Å². The monoisotopic (exact) mass is 378 g/mol. The largest absolute Gasteiger partial charge is 0.0527 e. The first kappa shape index (κ1) is 16.7. The Morgan fingerprint density at radius 1 is 0.286 bits per heavy atom. The van der Waals surface area contributed by atoms with E-state index in [4.69, 9.17) is 0 Å². The van der Waals surface area contributed by atoms with Crippen LogP contribution in [-0.2, 0) is 0 Å². The van der Waals surface area contributed by atoms with E-state index in [1.165, 1.54) is 82.9 Å². The first-order chi connectivity index (χ1) is 13.9. The second kappa shape index (κ2) is 5.82. The van der Waals surface area contributed by atoms with Crippen LogP contribution in [0.15, 0.2) is 0 Å². The molecule has 0 aliphatic heterocycles. The molecule has 154 valence electrons. The molecule has 0 bridgehead atoms. The molecule has 8 fully saturated rings. The normalized spacial score (nSPS) is 66.0. The van der Waals surface area contributed by atoms with Crippen LogP contribution < -0.4 is 0 Å². The summed E-state index contributed by atoms with van der Waals surface area (Å²) in [4.78, 5) is 0. The zero-order valence-corrected chi connectivity index (χ0v) is 18.0. The van der Waals surface area contributed by atoms with Crippen molar-refractivity contribution in [3.8, 4) is 0 Å². The van der Waals surface area contributed by atoms with E-state index in [2.05, 4.69) is 0 Å². The minimum atomic E-state index is 1.17. The molecule has 8 saturated carbocycles. The quantitative estimate of drug-likeness (QED) is 0.418. The van der Waals surface area contributed by atoms with Crippen molar-refractivity contribution in [2.24, 2.45) is 82.9 Å². The van der Waals surface area contributed by atoms with E-state index in [0.29, 0.717) is 0 Å². The van der Waals surface area contributed by atoms with Crippen LogP contribution in [0.5, 0.6) is 0 Å². The molecule has 0 heterocycles. The molecule has 0 aromatic carbocycles. The summed E-state index contributed by atoms with van der Waals surface area (Å²) in [5.74, 6) is 16.7. The Morgan fingerprint density at radius 3 is 0.857 bits per heavy atom. The predicted molar refractivity (Wildman–Crippen MR) is 113 cm³/mol. The molecular weight excluding hydrogens is 336 g/mol. The highest BCUT2D eigenvalue weighted by Crippen LogP contribution is 2.75. The molecule has 8 aliphatic rings. The van der Waals surface area contributed by atoms with Crippen LogP contribution in [0.2, 0.25) is 0 Å². The van der Waals surface area contributed by atoms with Crippen LogP contribution in [0.25, 0.3) is 0 Å². The van der Waals surface area contributed by atoms with Crippen molar-refractivity contribution in [3.63, 3.8) is 0 Å². The highest BCUT2D eigenvalue weighted by atomic mass is 14.7. The van der Waals surface area contributed by atoms with E-state index < -0.39 is 0 Å². The van der Waals surface area contributed by atoms with Gasteiger partial charge < -0.3 is 0 Å². The topological polar surface area (TPSA) is 0 Å². The van der Waals surface area contributed by atoms with Crippen LogP contribution in [0.1, 0.15) is 89.9 Å². The molecule has 0 saturated heterocycles. The fraction of sp³-hybridized carbons (Fsp3) is 1.00. The van der Waals surface area contributed by atoms with Gasteiger partial charge in [0.1, 0.15) is 0 Å².